The third kappa shape index (κ3) is 4.46. The van der Waals surface area contributed by atoms with Crippen molar-refractivity contribution in [3.63, 3.8) is 0 Å². The number of carbonyl (C=O) groups is 3. The predicted octanol–water partition coefficient (Wildman–Crippen LogP) is 3.82. The van der Waals surface area contributed by atoms with Crippen molar-refractivity contribution >= 4 is 23.4 Å². The second-order valence-electron chi connectivity index (χ2n) is 11.4. The summed E-state index contributed by atoms with van der Waals surface area (Å²) in [6.45, 7) is 2.24. The van der Waals surface area contributed by atoms with Crippen LogP contribution in [0, 0.1) is 23.6 Å². The van der Waals surface area contributed by atoms with Crippen molar-refractivity contribution in [2.75, 3.05) is 12.4 Å². The molecule has 1 saturated carbocycles. The Morgan fingerprint density at radius 1 is 1.12 bits per heavy atom. The number of carbonyl (C=O) groups excluding carboxylic acids is 3. The Hall–Kier alpha value is -3.72. The number of halogens is 1. The van der Waals surface area contributed by atoms with Crippen molar-refractivity contribution in [3.05, 3.63) is 72.1 Å². The fraction of sp³-hybridized carbons (Fsp3) is 0.452. The maximum atomic E-state index is 14.1. The molecule has 2 bridgehead atoms. The summed E-state index contributed by atoms with van der Waals surface area (Å²) in [7, 11) is 1.55. The van der Waals surface area contributed by atoms with Gasteiger partial charge in [-0.25, -0.2) is 4.39 Å². The highest BCUT2D eigenvalue weighted by atomic mass is 19.1. The summed E-state index contributed by atoms with van der Waals surface area (Å²) in [6.07, 6.45) is 7.06. The molecule has 2 aromatic carbocycles. The number of nitrogens with one attached hydrogen (secondary N) is 2. The van der Waals surface area contributed by atoms with E-state index < -0.39 is 29.6 Å². The Labute approximate surface area is 232 Å². The van der Waals surface area contributed by atoms with Crippen molar-refractivity contribution in [3.8, 4) is 5.75 Å². The molecule has 0 unspecified atom stereocenters. The molecular formula is C31H34FN3O5. The second kappa shape index (κ2) is 10.4. The van der Waals surface area contributed by atoms with E-state index in [1.165, 1.54) is 17.0 Å². The van der Waals surface area contributed by atoms with Gasteiger partial charge in [0.05, 0.1) is 25.0 Å². The highest BCUT2D eigenvalue weighted by molar-refractivity contribution is 6.02. The number of nitrogens with zero attached hydrogens (tertiary/aromatic N) is 1. The summed E-state index contributed by atoms with van der Waals surface area (Å²) in [4.78, 5) is 43.3. The maximum absolute atomic E-state index is 14.1. The van der Waals surface area contributed by atoms with Crippen LogP contribution in [-0.4, -0.2) is 53.5 Å². The maximum Gasteiger partial charge on any atom is 0.246 e. The van der Waals surface area contributed by atoms with Gasteiger partial charge in [-0.05, 0) is 48.6 Å². The monoisotopic (exact) mass is 547 g/mol. The Morgan fingerprint density at radius 3 is 2.65 bits per heavy atom. The summed E-state index contributed by atoms with van der Waals surface area (Å²) >= 11 is 0. The van der Waals surface area contributed by atoms with E-state index in [4.69, 9.17) is 9.47 Å². The third-order valence-electron chi connectivity index (χ3n) is 8.97. The van der Waals surface area contributed by atoms with Crippen LogP contribution >= 0.6 is 0 Å². The minimum absolute atomic E-state index is 0.00853. The molecule has 0 aromatic heterocycles. The van der Waals surface area contributed by atoms with Crippen LogP contribution in [0.5, 0.6) is 5.75 Å². The van der Waals surface area contributed by atoms with E-state index in [1.807, 2.05) is 0 Å². The number of anilines is 1. The van der Waals surface area contributed by atoms with Crippen LogP contribution in [0.4, 0.5) is 10.1 Å². The number of fused-ring (bicyclic) bond motifs is 1. The Bertz CT molecular complexity index is 1350. The van der Waals surface area contributed by atoms with Crippen molar-refractivity contribution < 1.29 is 28.2 Å². The molecule has 8 nitrogen and oxygen atoms in total. The number of benzene rings is 2. The number of hydrogen-bond donors (Lipinski definition) is 2. The zero-order chi connectivity index (χ0) is 28.0. The van der Waals surface area contributed by atoms with Crippen molar-refractivity contribution in [2.45, 2.75) is 62.9 Å². The molecule has 3 amide bonds. The third-order valence-corrected chi connectivity index (χ3v) is 8.97. The van der Waals surface area contributed by atoms with E-state index in [1.54, 1.807) is 55.7 Å². The second-order valence-corrected chi connectivity index (χ2v) is 11.4. The molecule has 2 saturated heterocycles. The summed E-state index contributed by atoms with van der Waals surface area (Å²) in [5.74, 6) is -2.10. The number of ether oxygens (including phenoxy) is 2. The van der Waals surface area contributed by atoms with E-state index >= 15 is 0 Å². The number of hydrogen-bond acceptors (Lipinski definition) is 5. The molecule has 3 aliphatic heterocycles. The van der Waals surface area contributed by atoms with E-state index in [0.29, 0.717) is 22.9 Å². The van der Waals surface area contributed by atoms with Gasteiger partial charge in [-0.1, -0.05) is 50.1 Å². The SMILES string of the molecule is COc1cccc(NC(=O)[C@@H]2[C@@H]3C=C[C@]4(O3)[C@@H]2C(=O)N(Cc2ccc(F)cc2)[C@H]4C(=O)N[C@@H]2CCCC[C@@H]2C)c1. The quantitative estimate of drug-likeness (QED) is 0.514. The van der Waals surface area contributed by atoms with Gasteiger partial charge in [0.1, 0.15) is 23.2 Å². The summed E-state index contributed by atoms with van der Waals surface area (Å²) < 4.78 is 25.3. The predicted molar refractivity (Wildman–Crippen MR) is 146 cm³/mol. The minimum atomic E-state index is -1.26. The van der Waals surface area contributed by atoms with Gasteiger partial charge in [0.15, 0.2) is 0 Å². The zero-order valence-corrected chi connectivity index (χ0v) is 22.6. The molecular weight excluding hydrogens is 513 g/mol. The Morgan fingerprint density at radius 2 is 1.90 bits per heavy atom. The molecule has 7 atom stereocenters. The molecule has 3 fully saturated rings. The van der Waals surface area contributed by atoms with Gasteiger partial charge in [0, 0.05) is 24.3 Å². The largest absolute Gasteiger partial charge is 0.497 e. The highest BCUT2D eigenvalue weighted by Gasteiger charge is 2.72. The first-order valence-corrected chi connectivity index (χ1v) is 14.0. The fourth-order valence-electron chi connectivity index (χ4n) is 6.94. The lowest BCUT2D eigenvalue weighted by Gasteiger charge is -2.36. The summed E-state index contributed by atoms with van der Waals surface area (Å²) in [6, 6.07) is 11.9. The summed E-state index contributed by atoms with van der Waals surface area (Å²) in [5.41, 5.74) is -0.0367. The molecule has 3 heterocycles. The smallest absolute Gasteiger partial charge is 0.246 e. The number of amides is 3. The van der Waals surface area contributed by atoms with Gasteiger partial charge in [-0.15, -0.1) is 0 Å². The average Bonchev–Trinajstić information content (AvgIpc) is 3.59. The molecule has 1 aliphatic carbocycles. The van der Waals surface area contributed by atoms with Gasteiger partial charge in [0.25, 0.3) is 0 Å². The lowest BCUT2D eigenvalue weighted by Crippen LogP contribution is -2.57. The standard InChI is InChI=1S/C31H34FN3O5/c1-18-6-3-4-9-23(18)34-29(37)27-31-15-14-24(40-31)25(28(36)33-21-7-5-8-22(16-21)39-2)26(31)30(38)35(27)17-19-10-12-20(32)13-11-19/h5,7-8,10-16,18,23-27H,3-4,6,9,17H2,1-2H3,(H,33,36)(H,34,37)/t18-,23+,24-,25+,26-,27-,31-/m0/s1. The highest BCUT2D eigenvalue weighted by Crippen LogP contribution is 2.55. The lowest BCUT2D eigenvalue weighted by atomic mass is 9.74. The fourth-order valence-corrected chi connectivity index (χ4v) is 6.94. The molecule has 4 aliphatic rings. The first-order chi connectivity index (χ1) is 19.3. The van der Waals surface area contributed by atoms with Gasteiger partial charge < -0.3 is 25.0 Å². The normalized spacial score (nSPS) is 32.2. The Kier molecular flexibility index (Phi) is 6.86. The van der Waals surface area contributed by atoms with E-state index in [0.717, 1.165) is 25.7 Å². The van der Waals surface area contributed by atoms with Crippen LogP contribution in [0.2, 0.25) is 0 Å². The number of methoxy groups -OCH3 is 1. The van der Waals surface area contributed by atoms with Crippen LogP contribution < -0.4 is 15.4 Å². The molecule has 210 valence electrons. The van der Waals surface area contributed by atoms with E-state index in [-0.39, 0.29) is 36.1 Å². The van der Waals surface area contributed by atoms with Gasteiger partial charge in [-0.3, -0.25) is 14.4 Å². The van der Waals surface area contributed by atoms with Crippen LogP contribution in [-0.2, 0) is 25.7 Å². The molecule has 2 N–H and O–H groups in total. The van der Waals surface area contributed by atoms with E-state index in [9.17, 15) is 18.8 Å². The summed E-state index contributed by atoms with van der Waals surface area (Å²) in [5, 5.41) is 6.14. The van der Waals surface area contributed by atoms with Crippen LogP contribution in [0.3, 0.4) is 0 Å². The molecule has 2 aromatic rings. The molecule has 9 heteroatoms. The molecule has 6 rings (SSSR count). The topological polar surface area (TPSA) is 97.0 Å². The lowest BCUT2D eigenvalue weighted by molar-refractivity contribution is -0.142. The van der Waals surface area contributed by atoms with Gasteiger partial charge in [0.2, 0.25) is 17.7 Å². The number of likely N-dealkylation sites (tertiary alicyclic amines) is 1. The zero-order valence-electron chi connectivity index (χ0n) is 22.6. The average molecular weight is 548 g/mol. The first-order valence-electron chi connectivity index (χ1n) is 14.0. The van der Waals surface area contributed by atoms with Crippen molar-refractivity contribution in [2.24, 2.45) is 17.8 Å². The number of rotatable bonds is 7. The van der Waals surface area contributed by atoms with Crippen molar-refractivity contribution in [1.82, 2.24) is 10.2 Å². The first kappa shape index (κ1) is 26.5. The van der Waals surface area contributed by atoms with Crippen LogP contribution in [0.25, 0.3) is 0 Å². The van der Waals surface area contributed by atoms with E-state index in [2.05, 4.69) is 17.6 Å². The molecule has 1 spiro atoms. The Balaban J connectivity index is 1.32. The van der Waals surface area contributed by atoms with Gasteiger partial charge in [-0.2, -0.15) is 0 Å². The molecule has 0 radical (unpaired) electrons. The minimum Gasteiger partial charge on any atom is -0.497 e. The van der Waals surface area contributed by atoms with Crippen LogP contribution in [0.15, 0.2) is 60.7 Å². The van der Waals surface area contributed by atoms with Crippen LogP contribution in [0.1, 0.15) is 38.2 Å². The van der Waals surface area contributed by atoms with Gasteiger partial charge >= 0.3 is 0 Å². The van der Waals surface area contributed by atoms with Crippen molar-refractivity contribution in [1.29, 1.82) is 0 Å². The molecule has 40 heavy (non-hydrogen) atoms.